The highest BCUT2D eigenvalue weighted by molar-refractivity contribution is 5.78. The van der Waals surface area contributed by atoms with Crippen LogP contribution in [-0.2, 0) is 30.5 Å². The van der Waals surface area contributed by atoms with E-state index in [4.69, 9.17) is 29.3 Å². The number of aromatic nitrogens is 1. The lowest BCUT2D eigenvalue weighted by atomic mass is 9.88. The van der Waals surface area contributed by atoms with E-state index >= 15 is 0 Å². The molecule has 2 N–H and O–H groups in total. The normalized spacial score (nSPS) is 18.6. The van der Waals surface area contributed by atoms with Gasteiger partial charge in [0.1, 0.15) is 0 Å². The van der Waals surface area contributed by atoms with E-state index in [0.29, 0.717) is 19.8 Å². The van der Waals surface area contributed by atoms with Crippen molar-refractivity contribution in [1.82, 2.24) is 14.8 Å². The maximum Gasteiger partial charge on any atom is 0.490 e. The number of pyridine rings is 1. The third-order valence-corrected chi connectivity index (χ3v) is 5.55. The number of carboxylic acids is 2. The molecule has 1 aromatic heterocycles. The number of carbonyl (C=O) groups excluding carboxylic acids is 1. The lowest BCUT2D eigenvalue weighted by Crippen LogP contribution is -2.48. The van der Waals surface area contributed by atoms with Gasteiger partial charge in [-0.25, -0.2) is 9.59 Å². The predicted octanol–water partition coefficient (Wildman–Crippen LogP) is 2.88. The van der Waals surface area contributed by atoms with E-state index in [9.17, 15) is 31.1 Å². The summed E-state index contributed by atoms with van der Waals surface area (Å²) < 4.78 is 75.6. The zero-order valence-corrected chi connectivity index (χ0v) is 21.5. The molecule has 39 heavy (non-hydrogen) atoms. The van der Waals surface area contributed by atoms with Crippen LogP contribution in [0.25, 0.3) is 0 Å². The van der Waals surface area contributed by atoms with E-state index in [0.717, 1.165) is 43.7 Å². The summed E-state index contributed by atoms with van der Waals surface area (Å²) in [5, 5.41) is 14.2. The summed E-state index contributed by atoms with van der Waals surface area (Å²) in [6, 6.07) is 5.99. The van der Waals surface area contributed by atoms with Crippen molar-refractivity contribution in [3.05, 3.63) is 29.6 Å². The number of nitrogens with zero attached hydrogens (tertiary/aromatic N) is 3. The van der Waals surface area contributed by atoms with Gasteiger partial charge in [0.05, 0.1) is 37.2 Å². The van der Waals surface area contributed by atoms with Crippen molar-refractivity contribution in [2.75, 3.05) is 40.3 Å². The Labute approximate surface area is 220 Å². The van der Waals surface area contributed by atoms with Gasteiger partial charge in [-0.1, -0.05) is 6.07 Å². The van der Waals surface area contributed by atoms with Crippen LogP contribution in [0.3, 0.4) is 0 Å². The minimum absolute atomic E-state index is 0.112. The average molecular weight is 576 g/mol. The summed E-state index contributed by atoms with van der Waals surface area (Å²) in [4.78, 5) is 38.3. The molecule has 0 radical (unpaired) electrons. The molecule has 10 nitrogen and oxygen atoms in total. The summed E-state index contributed by atoms with van der Waals surface area (Å²) in [5.74, 6) is -5.31. The number of rotatable bonds is 5. The zero-order chi connectivity index (χ0) is 30.0. The fourth-order valence-corrected chi connectivity index (χ4v) is 3.68. The van der Waals surface area contributed by atoms with E-state index in [1.54, 1.807) is 0 Å². The van der Waals surface area contributed by atoms with Crippen LogP contribution < -0.4 is 0 Å². The largest absolute Gasteiger partial charge is 0.490 e. The van der Waals surface area contributed by atoms with E-state index < -0.39 is 24.3 Å². The lowest BCUT2D eigenvalue weighted by molar-refractivity contribution is -0.193. The number of hydrogen-bond donors (Lipinski definition) is 2. The van der Waals surface area contributed by atoms with Gasteiger partial charge in [-0.3, -0.25) is 9.78 Å². The molecular formula is C23H31F6N3O7. The predicted molar refractivity (Wildman–Crippen MR) is 123 cm³/mol. The summed E-state index contributed by atoms with van der Waals surface area (Å²) in [6.07, 6.45) is -7.34. The minimum atomic E-state index is -5.08. The molecule has 3 heterocycles. The van der Waals surface area contributed by atoms with Crippen LogP contribution in [0.1, 0.15) is 30.7 Å². The molecule has 1 aromatic rings. The minimum Gasteiger partial charge on any atom is -0.475 e. The van der Waals surface area contributed by atoms with Crippen molar-refractivity contribution in [2.45, 2.75) is 56.9 Å². The molecule has 1 unspecified atom stereocenters. The molecule has 0 aromatic carbocycles. The molecule has 2 aliphatic rings. The van der Waals surface area contributed by atoms with Crippen molar-refractivity contribution in [1.29, 1.82) is 0 Å². The second kappa shape index (κ2) is 14.4. The Morgan fingerprint density at radius 1 is 1.08 bits per heavy atom. The van der Waals surface area contributed by atoms with Crippen molar-refractivity contribution >= 4 is 17.8 Å². The van der Waals surface area contributed by atoms with Crippen LogP contribution in [-0.4, -0.2) is 107 Å². The van der Waals surface area contributed by atoms with Gasteiger partial charge in [0, 0.05) is 25.2 Å². The molecule has 2 aliphatic heterocycles. The van der Waals surface area contributed by atoms with Gasteiger partial charge in [-0.05, 0) is 46.0 Å². The van der Waals surface area contributed by atoms with Crippen molar-refractivity contribution in [3.8, 4) is 0 Å². The Kier molecular flexibility index (Phi) is 12.6. The summed E-state index contributed by atoms with van der Waals surface area (Å²) in [7, 11) is 3.85. The molecule has 1 atom stereocenters. The first-order valence-electron chi connectivity index (χ1n) is 11.6. The number of piperidine rings is 1. The maximum absolute atomic E-state index is 12.2. The van der Waals surface area contributed by atoms with Crippen LogP contribution in [0.5, 0.6) is 0 Å². The molecule has 0 aliphatic carbocycles. The standard InChI is InChI=1S/C19H29N3O3.2C2HF3O2/c1-15-5-4-6-16(20-15)13-24-17-11-19(25-14-17)7-9-22(10-8-19)18(23)12-21(2)3;2*3-2(4,5)1(6)7/h4-6,17H,7-14H2,1-3H3;2*(H,6,7). The fourth-order valence-electron chi connectivity index (χ4n) is 3.68. The van der Waals surface area contributed by atoms with E-state index in [2.05, 4.69) is 4.98 Å². The third-order valence-electron chi connectivity index (χ3n) is 5.55. The van der Waals surface area contributed by atoms with Crippen molar-refractivity contribution in [2.24, 2.45) is 0 Å². The first-order chi connectivity index (χ1) is 17.8. The number of likely N-dealkylation sites (tertiary alicyclic amines) is 1. The van der Waals surface area contributed by atoms with E-state index in [1.165, 1.54) is 0 Å². The second-order valence-corrected chi connectivity index (χ2v) is 9.13. The first kappa shape index (κ1) is 34.0. The number of hydrogen-bond acceptors (Lipinski definition) is 7. The Bertz CT molecular complexity index is 940. The number of alkyl halides is 6. The number of ether oxygens (including phenoxy) is 2. The van der Waals surface area contributed by atoms with Crippen LogP contribution >= 0.6 is 0 Å². The summed E-state index contributed by atoms with van der Waals surface area (Å²) in [5.41, 5.74) is 1.86. The quantitative estimate of drug-likeness (QED) is 0.509. The molecule has 0 saturated carbocycles. The Morgan fingerprint density at radius 3 is 2.03 bits per heavy atom. The zero-order valence-electron chi connectivity index (χ0n) is 21.5. The van der Waals surface area contributed by atoms with Gasteiger partial charge in [-0.15, -0.1) is 0 Å². The van der Waals surface area contributed by atoms with Crippen molar-refractivity contribution < 1.29 is 60.4 Å². The Morgan fingerprint density at radius 2 is 1.59 bits per heavy atom. The molecule has 2 fully saturated rings. The lowest BCUT2D eigenvalue weighted by Gasteiger charge is -2.39. The molecule has 2 saturated heterocycles. The van der Waals surface area contributed by atoms with Gasteiger partial charge in [0.25, 0.3) is 0 Å². The van der Waals surface area contributed by atoms with Gasteiger partial charge < -0.3 is 29.5 Å². The number of likely N-dealkylation sites (N-methyl/N-ethyl adjacent to an activating group) is 1. The average Bonchev–Trinajstić information content (AvgIpc) is 3.19. The second-order valence-electron chi connectivity index (χ2n) is 9.13. The SMILES string of the molecule is Cc1cccc(COC2COC3(CCN(C(=O)CN(C)C)CC3)C2)n1.O=C(O)C(F)(F)F.O=C(O)C(F)(F)F. The van der Waals surface area contributed by atoms with Gasteiger partial charge >= 0.3 is 24.3 Å². The van der Waals surface area contributed by atoms with E-state index in [-0.39, 0.29) is 17.6 Å². The smallest absolute Gasteiger partial charge is 0.475 e. The Balaban J connectivity index is 0.000000449. The number of halogens is 6. The van der Waals surface area contributed by atoms with Gasteiger partial charge in [0.15, 0.2) is 0 Å². The highest BCUT2D eigenvalue weighted by Gasteiger charge is 2.44. The van der Waals surface area contributed by atoms with Crippen LogP contribution in [0.15, 0.2) is 18.2 Å². The number of amides is 1. The molecule has 3 rings (SSSR count). The number of carbonyl (C=O) groups is 3. The van der Waals surface area contributed by atoms with Gasteiger partial charge in [-0.2, -0.15) is 26.3 Å². The molecule has 16 heteroatoms. The monoisotopic (exact) mass is 575 g/mol. The number of carboxylic acid groups (broad SMARTS) is 2. The molecule has 222 valence electrons. The Hall–Kier alpha value is -2.98. The molecular weight excluding hydrogens is 544 g/mol. The van der Waals surface area contributed by atoms with Crippen LogP contribution in [0.2, 0.25) is 0 Å². The van der Waals surface area contributed by atoms with Gasteiger partial charge in [0.2, 0.25) is 5.91 Å². The summed E-state index contributed by atoms with van der Waals surface area (Å²) in [6.45, 7) is 5.18. The van der Waals surface area contributed by atoms with Crippen LogP contribution in [0.4, 0.5) is 26.3 Å². The fraction of sp³-hybridized carbons (Fsp3) is 0.652. The van der Waals surface area contributed by atoms with Crippen LogP contribution in [0, 0.1) is 6.92 Å². The molecule has 1 amide bonds. The number of aliphatic carboxylic acids is 2. The number of aryl methyl sites for hydroxylation is 1. The first-order valence-corrected chi connectivity index (χ1v) is 11.6. The molecule has 1 spiro atoms. The van der Waals surface area contributed by atoms with E-state index in [1.807, 2.05) is 49.0 Å². The highest BCUT2D eigenvalue weighted by Crippen LogP contribution is 2.37. The third kappa shape index (κ3) is 12.6. The summed E-state index contributed by atoms with van der Waals surface area (Å²) >= 11 is 0. The van der Waals surface area contributed by atoms with Crippen molar-refractivity contribution in [3.63, 3.8) is 0 Å². The maximum atomic E-state index is 12.2. The topological polar surface area (TPSA) is 130 Å². The molecule has 0 bridgehead atoms. The highest BCUT2D eigenvalue weighted by atomic mass is 19.4.